The lowest BCUT2D eigenvalue weighted by atomic mass is 10.2. The molecular formula is C21H20ClN3O3S. The Labute approximate surface area is 178 Å². The highest BCUT2D eigenvalue weighted by Crippen LogP contribution is 2.30. The smallest absolute Gasteiger partial charge is 0.342 e. The van der Waals surface area contributed by atoms with Crippen molar-refractivity contribution in [1.82, 2.24) is 10.2 Å². The van der Waals surface area contributed by atoms with Crippen molar-refractivity contribution in [1.29, 1.82) is 0 Å². The maximum absolute atomic E-state index is 11.7. The normalized spacial score (nSPS) is 11.5. The molecule has 3 aromatic rings. The van der Waals surface area contributed by atoms with Gasteiger partial charge in [0.05, 0.1) is 0 Å². The van der Waals surface area contributed by atoms with E-state index in [1.807, 2.05) is 24.3 Å². The Balaban J connectivity index is 1.78. The van der Waals surface area contributed by atoms with Crippen LogP contribution in [0.4, 0.5) is 5.69 Å². The van der Waals surface area contributed by atoms with E-state index in [0.717, 1.165) is 36.1 Å². The highest BCUT2D eigenvalue weighted by Gasteiger charge is 2.16. The number of anilines is 1. The molecule has 0 aliphatic heterocycles. The Morgan fingerprint density at radius 3 is 2.34 bits per heavy atom. The van der Waals surface area contributed by atoms with Crippen molar-refractivity contribution in [2.24, 2.45) is 0 Å². The van der Waals surface area contributed by atoms with Crippen LogP contribution in [-0.2, 0) is 4.79 Å². The number of carbonyl (C=O) groups is 1. The van der Waals surface area contributed by atoms with E-state index in [0.29, 0.717) is 16.5 Å². The van der Waals surface area contributed by atoms with Gasteiger partial charge >= 0.3 is 5.97 Å². The number of benzene rings is 2. The second-order valence-corrected chi connectivity index (χ2v) is 7.49. The zero-order valence-corrected chi connectivity index (χ0v) is 17.6. The van der Waals surface area contributed by atoms with Crippen molar-refractivity contribution in [3.63, 3.8) is 0 Å². The number of rotatable bonds is 8. The molecule has 1 heterocycles. The summed E-state index contributed by atoms with van der Waals surface area (Å²) in [5.41, 5.74) is 2.59. The molecule has 0 spiro atoms. The van der Waals surface area contributed by atoms with E-state index in [-0.39, 0.29) is 10.1 Å². The minimum atomic E-state index is -1.06. The molecule has 0 fully saturated rings. The third-order valence-corrected chi connectivity index (χ3v) is 5.33. The van der Waals surface area contributed by atoms with E-state index in [2.05, 4.69) is 28.9 Å². The maximum atomic E-state index is 11.7. The third-order valence-electron chi connectivity index (χ3n) is 4.23. The first-order chi connectivity index (χ1) is 14.0. The van der Waals surface area contributed by atoms with Gasteiger partial charge in [-0.05, 0) is 73.6 Å². The molecule has 0 radical (unpaired) electrons. The van der Waals surface area contributed by atoms with Crippen molar-refractivity contribution in [2.75, 3.05) is 18.0 Å². The Morgan fingerprint density at radius 1 is 1.10 bits per heavy atom. The Morgan fingerprint density at radius 2 is 1.76 bits per heavy atom. The van der Waals surface area contributed by atoms with Crippen LogP contribution in [0, 0.1) is 0 Å². The van der Waals surface area contributed by atoms with Crippen LogP contribution < -0.4 is 4.90 Å². The average molecular weight is 430 g/mol. The minimum absolute atomic E-state index is 0.0897. The summed E-state index contributed by atoms with van der Waals surface area (Å²) in [5, 5.41) is 18.2. The first-order valence-corrected chi connectivity index (χ1v) is 10.3. The zero-order chi connectivity index (χ0) is 20.8. The van der Waals surface area contributed by atoms with Crippen molar-refractivity contribution < 1.29 is 14.3 Å². The van der Waals surface area contributed by atoms with Gasteiger partial charge in [-0.3, -0.25) is 0 Å². The van der Waals surface area contributed by atoms with Gasteiger partial charge in [0.1, 0.15) is 4.91 Å². The second kappa shape index (κ2) is 9.62. The van der Waals surface area contributed by atoms with Crippen LogP contribution in [0.2, 0.25) is 5.02 Å². The molecule has 0 aliphatic rings. The summed E-state index contributed by atoms with van der Waals surface area (Å²) in [6.45, 7) is 6.02. The summed E-state index contributed by atoms with van der Waals surface area (Å²) in [7, 11) is 0. The highest BCUT2D eigenvalue weighted by atomic mass is 35.5. The molecule has 1 aromatic heterocycles. The summed E-state index contributed by atoms with van der Waals surface area (Å²) in [4.78, 5) is 14.0. The first kappa shape index (κ1) is 21.0. The fourth-order valence-corrected chi connectivity index (χ4v) is 3.51. The standard InChI is InChI=1S/C21H20ClN3O3S/c1-3-25(4-2)17-11-5-14(6-12-17)13-18(20(26)27)29-21-24-23-19(28-21)15-7-9-16(22)10-8-15/h5-13H,3-4H2,1-2H3,(H,26,27)/b18-13-. The first-order valence-electron chi connectivity index (χ1n) is 9.07. The van der Waals surface area contributed by atoms with Crippen molar-refractivity contribution in [3.05, 3.63) is 64.0 Å². The van der Waals surface area contributed by atoms with Crippen LogP contribution in [0.1, 0.15) is 19.4 Å². The lowest BCUT2D eigenvalue weighted by molar-refractivity contribution is -0.131. The van der Waals surface area contributed by atoms with Crippen molar-refractivity contribution in [2.45, 2.75) is 19.1 Å². The quantitative estimate of drug-likeness (QED) is 0.376. The molecule has 0 amide bonds. The molecule has 150 valence electrons. The zero-order valence-electron chi connectivity index (χ0n) is 16.0. The molecule has 0 unspecified atom stereocenters. The summed E-state index contributed by atoms with van der Waals surface area (Å²) in [6, 6.07) is 14.7. The van der Waals surface area contributed by atoms with Gasteiger partial charge in [0, 0.05) is 29.4 Å². The highest BCUT2D eigenvalue weighted by molar-refractivity contribution is 8.03. The van der Waals surface area contributed by atoms with Crippen molar-refractivity contribution in [3.8, 4) is 11.5 Å². The lowest BCUT2D eigenvalue weighted by Crippen LogP contribution is -2.21. The van der Waals surface area contributed by atoms with E-state index in [9.17, 15) is 9.90 Å². The molecule has 29 heavy (non-hydrogen) atoms. The largest absolute Gasteiger partial charge is 0.477 e. The average Bonchev–Trinajstić information content (AvgIpc) is 3.18. The van der Waals surface area contributed by atoms with Crippen LogP contribution in [0.3, 0.4) is 0 Å². The number of carboxylic acids is 1. The molecule has 2 aromatic carbocycles. The van der Waals surface area contributed by atoms with E-state index in [1.165, 1.54) is 0 Å². The number of halogens is 1. The second-order valence-electron chi connectivity index (χ2n) is 6.06. The number of hydrogen-bond donors (Lipinski definition) is 1. The predicted octanol–water partition coefficient (Wildman–Crippen LogP) is 5.45. The monoisotopic (exact) mass is 429 g/mol. The fourth-order valence-electron chi connectivity index (χ4n) is 2.71. The lowest BCUT2D eigenvalue weighted by Gasteiger charge is -2.20. The molecule has 6 nitrogen and oxygen atoms in total. The molecule has 8 heteroatoms. The van der Waals surface area contributed by atoms with Gasteiger partial charge in [-0.1, -0.05) is 23.7 Å². The Bertz CT molecular complexity index is 997. The number of aliphatic carboxylic acids is 1. The number of aromatic nitrogens is 2. The SMILES string of the molecule is CCN(CC)c1ccc(/C=C(\Sc2nnc(-c3ccc(Cl)cc3)o2)C(=O)O)cc1. The van der Waals surface area contributed by atoms with Gasteiger partial charge in [-0.15, -0.1) is 10.2 Å². The van der Waals surface area contributed by atoms with Gasteiger partial charge in [-0.25, -0.2) is 4.79 Å². The number of hydrogen-bond acceptors (Lipinski definition) is 6. The summed E-state index contributed by atoms with van der Waals surface area (Å²) in [6.07, 6.45) is 1.59. The molecule has 0 aliphatic carbocycles. The van der Waals surface area contributed by atoms with Crippen LogP contribution >= 0.6 is 23.4 Å². The third kappa shape index (κ3) is 5.40. The van der Waals surface area contributed by atoms with Crippen LogP contribution in [0.25, 0.3) is 17.5 Å². The molecule has 0 saturated carbocycles. The Kier molecular flexibility index (Phi) is 6.95. The molecule has 1 N–H and O–H groups in total. The maximum Gasteiger partial charge on any atom is 0.342 e. The Hall–Kier alpha value is -2.77. The molecule has 0 atom stereocenters. The number of thioether (sulfide) groups is 1. The van der Waals surface area contributed by atoms with Crippen molar-refractivity contribution >= 4 is 41.1 Å². The van der Waals surface area contributed by atoms with E-state index in [4.69, 9.17) is 16.0 Å². The van der Waals surface area contributed by atoms with Gasteiger partial charge in [0.25, 0.3) is 5.22 Å². The molecular weight excluding hydrogens is 410 g/mol. The van der Waals surface area contributed by atoms with Gasteiger partial charge < -0.3 is 14.4 Å². The number of nitrogens with zero attached hydrogens (tertiary/aromatic N) is 3. The molecule has 0 saturated heterocycles. The summed E-state index contributed by atoms with van der Waals surface area (Å²) < 4.78 is 5.59. The van der Waals surface area contributed by atoms with Gasteiger partial charge in [-0.2, -0.15) is 0 Å². The van der Waals surface area contributed by atoms with Crippen LogP contribution in [-0.4, -0.2) is 34.4 Å². The van der Waals surface area contributed by atoms with Gasteiger partial charge in [0.2, 0.25) is 5.89 Å². The summed E-state index contributed by atoms with van der Waals surface area (Å²) >= 11 is 6.80. The fraction of sp³-hybridized carbons (Fsp3) is 0.190. The van der Waals surface area contributed by atoms with E-state index < -0.39 is 5.97 Å². The van der Waals surface area contributed by atoms with Crippen LogP contribution in [0.5, 0.6) is 0 Å². The number of carboxylic acid groups (broad SMARTS) is 1. The van der Waals surface area contributed by atoms with E-state index >= 15 is 0 Å². The van der Waals surface area contributed by atoms with Crippen LogP contribution in [0.15, 0.2) is 63.1 Å². The molecule has 0 bridgehead atoms. The van der Waals surface area contributed by atoms with Gasteiger partial charge in [0.15, 0.2) is 0 Å². The predicted molar refractivity (Wildman–Crippen MR) is 116 cm³/mol. The minimum Gasteiger partial charge on any atom is -0.477 e. The topological polar surface area (TPSA) is 79.5 Å². The molecule has 3 rings (SSSR count). The van der Waals surface area contributed by atoms with E-state index in [1.54, 1.807) is 30.3 Å². The summed E-state index contributed by atoms with van der Waals surface area (Å²) in [5.74, 6) is -0.758.